The maximum absolute atomic E-state index is 10.6. The van der Waals surface area contributed by atoms with E-state index >= 15 is 0 Å². The Balaban J connectivity index is 0.000000198. The van der Waals surface area contributed by atoms with Gasteiger partial charge in [-0.15, -0.1) is 0 Å². The molecule has 0 fully saturated rings. The van der Waals surface area contributed by atoms with Crippen LogP contribution in [-0.2, 0) is 0 Å². The molecular formula is C18H13N3O6. The standard InChI is InChI=1S/C9H7N3.C9H6O6/c1-3-10-4-2-8(1)9-5-11-7-12-6-9;10-7(11)4-1-5(8(12)13)3-6(2-4)9(14)15/h1-7H;1-3H,(H,10,11)(H,12,13)(H,14,15). The number of aromatic nitrogens is 3. The van der Waals surface area contributed by atoms with Crippen molar-refractivity contribution in [1.29, 1.82) is 0 Å². The molecule has 0 aliphatic carbocycles. The molecule has 3 aromatic rings. The molecule has 0 spiro atoms. The van der Waals surface area contributed by atoms with E-state index in [0.717, 1.165) is 29.3 Å². The Hall–Kier alpha value is -4.14. The van der Waals surface area contributed by atoms with Crippen LogP contribution in [0.4, 0.5) is 0 Å². The van der Waals surface area contributed by atoms with Gasteiger partial charge in [-0.1, -0.05) is 0 Å². The Morgan fingerprint density at radius 3 is 1.41 bits per heavy atom. The maximum Gasteiger partial charge on any atom is 0.335 e. The van der Waals surface area contributed by atoms with Crippen molar-refractivity contribution >= 4 is 17.9 Å². The van der Waals surface area contributed by atoms with E-state index in [1.54, 1.807) is 24.8 Å². The van der Waals surface area contributed by atoms with Crippen molar-refractivity contribution in [1.82, 2.24) is 15.0 Å². The Bertz CT molecular complexity index is 845. The van der Waals surface area contributed by atoms with Gasteiger partial charge < -0.3 is 15.3 Å². The van der Waals surface area contributed by atoms with Crippen LogP contribution in [0.1, 0.15) is 31.1 Å². The molecule has 9 heteroatoms. The lowest BCUT2D eigenvalue weighted by molar-refractivity contribution is 0.0696. The zero-order valence-electron chi connectivity index (χ0n) is 13.7. The number of rotatable bonds is 4. The predicted octanol–water partition coefficient (Wildman–Crippen LogP) is 2.32. The van der Waals surface area contributed by atoms with Gasteiger partial charge in [-0.2, -0.15) is 0 Å². The van der Waals surface area contributed by atoms with Gasteiger partial charge >= 0.3 is 17.9 Å². The number of benzene rings is 1. The predicted molar refractivity (Wildman–Crippen MR) is 92.6 cm³/mol. The van der Waals surface area contributed by atoms with Gasteiger partial charge in [-0.25, -0.2) is 24.4 Å². The monoisotopic (exact) mass is 367 g/mol. The lowest BCUT2D eigenvalue weighted by atomic mass is 10.1. The second kappa shape index (κ2) is 8.81. The molecule has 0 aliphatic heterocycles. The number of carboxylic acids is 3. The molecule has 136 valence electrons. The highest BCUT2D eigenvalue weighted by atomic mass is 16.4. The van der Waals surface area contributed by atoms with Crippen LogP contribution in [0.15, 0.2) is 61.4 Å². The molecule has 2 aromatic heterocycles. The molecule has 0 unspecified atom stereocenters. The quantitative estimate of drug-likeness (QED) is 0.631. The second-order valence-electron chi connectivity index (χ2n) is 5.08. The normalized spacial score (nSPS) is 9.63. The van der Waals surface area contributed by atoms with E-state index in [1.165, 1.54) is 6.33 Å². The van der Waals surface area contributed by atoms with Gasteiger partial charge in [0.15, 0.2) is 0 Å². The molecule has 0 radical (unpaired) electrons. The molecular weight excluding hydrogens is 354 g/mol. The highest BCUT2D eigenvalue weighted by Gasteiger charge is 2.14. The van der Waals surface area contributed by atoms with Crippen LogP contribution in [-0.4, -0.2) is 48.2 Å². The third-order valence-corrected chi connectivity index (χ3v) is 3.25. The van der Waals surface area contributed by atoms with Crippen LogP contribution in [0.2, 0.25) is 0 Å². The number of nitrogens with zero attached hydrogens (tertiary/aromatic N) is 3. The van der Waals surface area contributed by atoms with Crippen molar-refractivity contribution in [2.24, 2.45) is 0 Å². The SMILES string of the molecule is O=C(O)c1cc(C(=O)O)cc(C(=O)O)c1.c1cc(-c2cncnc2)ccn1. The first-order valence-corrected chi connectivity index (χ1v) is 7.39. The van der Waals surface area contributed by atoms with Crippen LogP contribution >= 0.6 is 0 Å². The number of hydrogen-bond acceptors (Lipinski definition) is 6. The molecule has 3 rings (SSSR count). The van der Waals surface area contributed by atoms with Crippen molar-refractivity contribution in [2.75, 3.05) is 0 Å². The van der Waals surface area contributed by atoms with Crippen molar-refractivity contribution < 1.29 is 29.7 Å². The highest BCUT2D eigenvalue weighted by Crippen LogP contribution is 2.14. The van der Waals surface area contributed by atoms with Crippen LogP contribution in [0.3, 0.4) is 0 Å². The zero-order valence-corrected chi connectivity index (χ0v) is 13.7. The van der Waals surface area contributed by atoms with Crippen LogP contribution in [0.25, 0.3) is 11.1 Å². The molecule has 9 nitrogen and oxygen atoms in total. The zero-order chi connectivity index (χ0) is 19.8. The molecule has 0 aliphatic rings. The van der Waals surface area contributed by atoms with Crippen molar-refractivity contribution in [2.45, 2.75) is 0 Å². The Kier molecular flexibility index (Phi) is 6.26. The maximum atomic E-state index is 10.6. The highest BCUT2D eigenvalue weighted by molar-refractivity contribution is 5.98. The third kappa shape index (κ3) is 5.43. The van der Waals surface area contributed by atoms with E-state index in [1.807, 2.05) is 12.1 Å². The first-order chi connectivity index (χ1) is 12.9. The molecule has 0 saturated heterocycles. The Labute approximate surface area is 152 Å². The lowest BCUT2D eigenvalue weighted by Crippen LogP contribution is -2.07. The summed E-state index contributed by atoms with van der Waals surface area (Å²) in [5, 5.41) is 25.8. The van der Waals surface area contributed by atoms with Crippen molar-refractivity contribution in [3.05, 3.63) is 78.1 Å². The minimum absolute atomic E-state index is 0.368. The van der Waals surface area contributed by atoms with Gasteiger partial charge in [0.25, 0.3) is 0 Å². The van der Waals surface area contributed by atoms with Crippen LogP contribution in [0.5, 0.6) is 0 Å². The lowest BCUT2D eigenvalue weighted by Gasteiger charge is -2.00. The summed E-state index contributed by atoms with van der Waals surface area (Å²) < 4.78 is 0. The van der Waals surface area contributed by atoms with Crippen molar-refractivity contribution in [3.63, 3.8) is 0 Å². The van der Waals surface area contributed by atoms with E-state index in [9.17, 15) is 14.4 Å². The summed E-state index contributed by atoms with van der Waals surface area (Å²) in [7, 11) is 0. The number of pyridine rings is 1. The van der Waals surface area contributed by atoms with Gasteiger partial charge in [0, 0.05) is 30.4 Å². The van der Waals surface area contributed by atoms with Crippen LogP contribution < -0.4 is 0 Å². The summed E-state index contributed by atoms with van der Waals surface area (Å²) in [6.07, 6.45) is 8.58. The van der Waals surface area contributed by atoms with E-state index in [4.69, 9.17) is 15.3 Å². The minimum atomic E-state index is -1.37. The van der Waals surface area contributed by atoms with E-state index in [-0.39, 0.29) is 16.7 Å². The first kappa shape index (κ1) is 19.2. The summed E-state index contributed by atoms with van der Waals surface area (Å²) in [5.41, 5.74) is 0.998. The topological polar surface area (TPSA) is 151 Å². The average molecular weight is 367 g/mol. The number of carbonyl (C=O) groups is 3. The number of carboxylic acid groups (broad SMARTS) is 3. The molecule has 2 heterocycles. The summed E-state index contributed by atoms with van der Waals surface area (Å²) in [6.45, 7) is 0. The van der Waals surface area contributed by atoms with E-state index < -0.39 is 17.9 Å². The minimum Gasteiger partial charge on any atom is -0.478 e. The van der Waals surface area contributed by atoms with Crippen molar-refractivity contribution in [3.8, 4) is 11.1 Å². The van der Waals surface area contributed by atoms with Crippen LogP contribution in [0, 0.1) is 0 Å². The molecule has 0 bridgehead atoms. The summed E-state index contributed by atoms with van der Waals surface area (Å²) >= 11 is 0. The Morgan fingerprint density at radius 2 is 1.04 bits per heavy atom. The first-order valence-electron chi connectivity index (χ1n) is 7.39. The summed E-state index contributed by atoms with van der Waals surface area (Å²) in [6, 6.07) is 6.56. The van der Waals surface area contributed by atoms with E-state index in [2.05, 4.69) is 15.0 Å². The average Bonchev–Trinajstić information content (AvgIpc) is 2.69. The molecule has 0 atom stereocenters. The Morgan fingerprint density at radius 1 is 0.630 bits per heavy atom. The fraction of sp³-hybridized carbons (Fsp3) is 0. The molecule has 1 aromatic carbocycles. The van der Waals surface area contributed by atoms with Gasteiger partial charge in [0.1, 0.15) is 6.33 Å². The fourth-order valence-electron chi connectivity index (χ4n) is 1.99. The number of hydrogen-bond donors (Lipinski definition) is 3. The summed E-state index contributed by atoms with van der Waals surface area (Å²) in [4.78, 5) is 43.5. The molecule has 27 heavy (non-hydrogen) atoms. The number of aromatic carboxylic acids is 3. The van der Waals surface area contributed by atoms with Gasteiger partial charge in [0.2, 0.25) is 0 Å². The largest absolute Gasteiger partial charge is 0.478 e. The fourth-order valence-corrected chi connectivity index (χ4v) is 1.99. The molecule has 0 saturated carbocycles. The summed E-state index contributed by atoms with van der Waals surface area (Å²) in [5.74, 6) is -4.12. The van der Waals surface area contributed by atoms with Gasteiger partial charge in [-0.05, 0) is 35.9 Å². The second-order valence-corrected chi connectivity index (χ2v) is 5.08. The van der Waals surface area contributed by atoms with Gasteiger partial charge in [-0.3, -0.25) is 4.98 Å². The third-order valence-electron chi connectivity index (χ3n) is 3.25. The molecule has 3 N–H and O–H groups in total. The van der Waals surface area contributed by atoms with Gasteiger partial charge in [0.05, 0.1) is 16.7 Å². The van der Waals surface area contributed by atoms with E-state index in [0.29, 0.717) is 0 Å². The molecule has 0 amide bonds. The smallest absolute Gasteiger partial charge is 0.335 e.